The van der Waals surface area contributed by atoms with E-state index >= 15 is 0 Å². The van der Waals surface area contributed by atoms with Gasteiger partial charge in [0.05, 0.1) is 29.2 Å². The Labute approximate surface area is 171 Å². The molecule has 0 saturated carbocycles. The van der Waals surface area contributed by atoms with Crippen LogP contribution in [-0.2, 0) is 17.1 Å². The molecule has 5 nitrogen and oxygen atoms in total. The summed E-state index contributed by atoms with van der Waals surface area (Å²) >= 11 is 0. The van der Waals surface area contributed by atoms with Crippen molar-refractivity contribution in [2.45, 2.75) is 24.8 Å². The highest BCUT2D eigenvalue weighted by Crippen LogP contribution is 2.35. The highest BCUT2D eigenvalue weighted by Gasteiger charge is 2.33. The first kappa shape index (κ1) is 22.2. The summed E-state index contributed by atoms with van der Waals surface area (Å²) in [6.45, 7) is 0. The van der Waals surface area contributed by atoms with Gasteiger partial charge in [0.25, 0.3) is 5.91 Å². The fourth-order valence-corrected chi connectivity index (χ4v) is 2.74. The molecule has 1 unspecified atom stereocenters. The van der Waals surface area contributed by atoms with Crippen LogP contribution in [0.5, 0.6) is 11.5 Å². The normalized spacial score (nSPS) is 16.6. The van der Waals surface area contributed by atoms with E-state index in [9.17, 15) is 35.9 Å². The number of nitrogens with one attached hydrogen (secondary N) is 2. The van der Waals surface area contributed by atoms with Crippen LogP contribution < -0.4 is 15.4 Å². The summed E-state index contributed by atoms with van der Waals surface area (Å²) in [7, 11) is 0. The van der Waals surface area contributed by atoms with Crippen LogP contribution in [0.15, 0.2) is 54.7 Å². The van der Waals surface area contributed by atoms with Crippen molar-refractivity contribution in [1.29, 1.82) is 0 Å². The number of rotatable bonds is 4. The molecule has 0 spiro atoms. The summed E-state index contributed by atoms with van der Waals surface area (Å²) in [6.07, 6.45) is -6.69. The average molecular weight is 444 g/mol. The van der Waals surface area contributed by atoms with Crippen LogP contribution in [-0.4, -0.2) is 17.9 Å². The van der Waals surface area contributed by atoms with E-state index in [2.05, 4.69) is 10.6 Å². The van der Waals surface area contributed by atoms with Gasteiger partial charge in [0.2, 0.25) is 5.91 Å². The molecule has 0 saturated heterocycles. The monoisotopic (exact) mass is 444 g/mol. The van der Waals surface area contributed by atoms with Gasteiger partial charge in [-0.3, -0.25) is 9.59 Å². The summed E-state index contributed by atoms with van der Waals surface area (Å²) in [5.41, 5.74) is -2.55. The van der Waals surface area contributed by atoms with E-state index in [0.717, 1.165) is 30.3 Å². The van der Waals surface area contributed by atoms with Crippen LogP contribution in [0.3, 0.4) is 0 Å². The zero-order valence-corrected chi connectivity index (χ0v) is 15.5. The second kappa shape index (κ2) is 8.32. The molecule has 0 aliphatic carbocycles. The molecule has 2 N–H and O–H groups in total. The number of hydrogen-bond acceptors (Lipinski definition) is 3. The minimum atomic E-state index is -4.74. The van der Waals surface area contributed by atoms with Gasteiger partial charge in [-0.2, -0.15) is 26.3 Å². The largest absolute Gasteiger partial charge is 0.457 e. The quantitative estimate of drug-likeness (QED) is 0.675. The maximum absolute atomic E-state index is 13.1. The van der Waals surface area contributed by atoms with Crippen molar-refractivity contribution in [3.63, 3.8) is 0 Å². The molecule has 0 bridgehead atoms. The van der Waals surface area contributed by atoms with Gasteiger partial charge >= 0.3 is 12.4 Å². The lowest BCUT2D eigenvalue weighted by atomic mass is 10.1. The van der Waals surface area contributed by atoms with Crippen molar-refractivity contribution < 1.29 is 40.7 Å². The lowest BCUT2D eigenvalue weighted by molar-refractivity contribution is -0.138. The zero-order valence-electron chi connectivity index (χ0n) is 15.5. The van der Waals surface area contributed by atoms with Gasteiger partial charge in [-0.05, 0) is 48.5 Å². The number of hydrogen-bond donors (Lipinski definition) is 2. The van der Waals surface area contributed by atoms with Gasteiger partial charge in [-0.25, -0.2) is 0 Å². The van der Waals surface area contributed by atoms with Gasteiger partial charge in [0, 0.05) is 6.20 Å². The van der Waals surface area contributed by atoms with Crippen molar-refractivity contribution in [3.05, 3.63) is 71.4 Å². The first-order valence-corrected chi connectivity index (χ1v) is 8.77. The summed E-state index contributed by atoms with van der Waals surface area (Å²) < 4.78 is 82.8. The predicted octanol–water partition coefficient (Wildman–Crippen LogP) is 4.65. The Hall–Kier alpha value is -3.50. The number of ether oxygens (including phenoxy) is 1. The predicted molar refractivity (Wildman–Crippen MR) is 96.1 cm³/mol. The molecule has 1 aliphatic rings. The van der Waals surface area contributed by atoms with Gasteiger partial charge in [-0.15, -0.1) is 0 Å². The number of benzene rings is 2. The molecule has 1 heterocycles. The molecular weight excluding hydrogens is 430 g/mol. The minimum absolute atomic E-state index is 0.112. The molecule has 2 aromatic carbocycles. The number of carbonyl (C=O) groups excluding carboxylic acids is 2. The lowest BCUT2D eigenvalue weighted by Crippen LogP contribution is -2.40. The van der Waals surface area contributed by atoms with E-state index in [0.29, 0.717) is 12.1 Å². The van der Waals surface area contributed by atoms with Gasteiger partial charge in [0.15, 0.2) is 0 Å². The standard InChI is InChI=1S/C20H14F6N2O3/c21-19(22,23)11-1-4-14(5-2-11)31-16-6-3-12(20(24,25)26)9-15(16)18(30)28-13-7-8-27-17(29)10-13/h1-9,13H,10H2,(H,27,29)(H,28,30). The Morgan fingerprint density at radius 2 is 1.58 bits per heavy atom. The molecule has 31 heavy (non-hydrogen) atoms. The van der Waals surface area contributed by atoms with E-state index in [4.69, 9.17) is 4.74 Å². The molecule has 2 aromatic rings. The maximum atomic E-state index is 13.1. The number of amides is 2. The Bertz CT molecular complexity index is 1010. The topological polar surface area (TPSA) is 67.4 Å². The molecule has 0 radical (unpaired) electrons. The van der Waals surface area contributed by atoms with Crippen LogP contribution in [0, 0.1) is 0 Å². The van der Waals surface area contributed by atoms with Crippen LogP contribution in [0.1, 0.15) is 27.9 Å². The number of halogens is 6. The summed E-state index contributed by atoms with van der Waals surface area (Å²) in [6, 6.07) is 4.85. The number of alkyl halides is 6. The van der Waals surface area contributed by atoms with Crippen molar-refractivity contribution >= 4 is 11.8 Å². The van der Waals surface area contributed by atoms with E-state index in [-0.39, 0.29) is 17.9 Å². The van der Waals surface area contributed by atoms with Crippen LogP contribution in [0.4, 0.5) is 26.3 Å². The van der Waals surface area contributed by atoms with E-state index in [1.54, 1.807) is 0 Å². The third-order valence-electron chi connectivity index (χ3n) is 4.26. The van der Waals surface area contributed by atoms with E-state index in [1.807, 2.05) is 0 Å². The molecule has 3 rings (SSSR count). The summed E-state index contributed by atoms with van der Waals surface area (Å²) in [5.74, 6) is -1.75. The third-order valence-corrected chi connectivity index (χ3v) is 4.26. The average Bonchev–Trinajstić information content (AvgIpc) is 2.67. The molecule has 11 heteroatoms. The van der Waals surface area contributed by atoms with E-state index in [1.165, 1.54) is 12.3 Å². The van der Waals surface area contributed by atoms with Crippen LogP contribution in [0.25, 0.3) is 0 Å². The van der Waals surface area contributed by atoms with Crippen molar-refractivity contribution in [2.24, 2.45) is 0 Å². The molecule has 0 fully saturated rings. The molecular formula is C20H14F6N2O3. The number of carbonyl (C=O) groups is 2. The van der Waals surface area contributed by atoms with Gasteiger partial charge < -0.3 is 15.4 Å². The second-order valence-corrected chi connectivity index (χ2v) is 6.54. The lowest BCUT2D eigenvalue weighted by Gasteiger charge is -2.20. The third kappa shape index (κ3) is 5.56. The smallest absolute Gasteiger partial charge is 0.416 e. The molecule has 164 valence electrons. The SMILES string of the molecule is O=C1CC(NC(=O)c2cc(C(F)(F)F)ccc2Oc2ccc(C(F)(F)F)cc2)C=CN1. The van der Waals surface area contributed by atoms with Crippen LogP contribution in [0.2, 0.25) is 0 Å². The van der Waals surface area contributed by atoms with E-state index < -0.39 is 46.9 Å². The Morgan fingerprint density at radius 1 is 0.968 bits per heavy atom. The van der Waals surface area contributed by atoms with Gasteiger partial charge in [0.1, 0.15) is 11.5 Å². The second-order valence-electron chi connectivity index (χ2n) is 6.54. The van der Waals surface area contributed by atoms with Gasteiger partial charge in [-0.1, -0.05) is 0 Å². The van der Waals surface area contributed by atoms with Crippen molar-refractivity contribution in [1.82, 2.24) is 10.6 Å². The van der Waals surface area contributed by atoms with Crippen molar-refractivity contribution in [3.8, 4) is 11.5 Å². The molecule has 1 atom stereocenters. The van der Waals surface area contributed by atoms with Crippen LogP contribution >= 0.6 is 0 Å². The first-order chi connectivity index (χ1) is 14.4. The molecule has 0 aromatic heterocycles. The Balaban J connectivity index is 1.90. The zero-order chi connectivity index (χ0) is 22.8. The summed E-state index contributed by atoms with van der Waals surface area (Å²) in [4.78, 5) is 24.0. The maximum Gasteiger partial charge on any atom is 0.416 e. The fourth-order valence-electron chi connectivity index (χ4n) is 2.74. The summed E-state index contributed by atoms with van der Waals surface area (Å²) in [5, 5.41) is 4.81. The Morgan fingerprint density at radius 3 is 2.16 bits per heavy atom. The highest BCUT2D eigenvalue weighted by molar-refractivity contribution is 5.98. The molecule has 2 amide bonds. The highest BCUT2D eigenvalue weighted by atomic mass is 19.4. The minimum Gasteiger partial charge on any atom is -0.457 e. The van der Waals surface area contributed by atoms with Crippen molar-refractivity contribution in [2.75, 3.05) is 0 Å². The fraction of sp³-hybridized carbons (Fsp3) is 0.200. The molecule has 1 aliphatic heterocycles. The first-order valence-electron chi connectivity index (χ1n) is 8.77. The Kier molecular flexibility index (Phi) is 5.96.